The highest BCUT2D eigenvalue weighted by Gasteiger charge is 2.11. The molecule has 0 heterocycles. The number of nitrogens with one attached hydrogen (secondary N) is 1. The Bertz CT molecular complexity index is 528. The average molecular weight is 335 g/mol. The van der Waals surface area contributed by atoms with Gasteiger partial charge in [-0.05, 0) is 24.1 Å². The summed E-state index contributed by atoms with van der Waals surface area (Å²) in [5.74, 6) is -0.498. The van der Waals surface area contributed by atoms with Crippen LogP contribution in [-0.2, 0) is 17.3 Å². The summed E-state index contributed by atoms with van der Waals surface area (Å²) in [6, 6.07) is 4.21. The first-order valence-electron chi connectivity index (χ1n) is 6.56. The van der Waals surface area contributed by atoms with Gasteiger partial charge < -0.3 is 10.2 Å². The minimum absolute atomic E-state index is 0.0426. The zero-order valence-corrected chi connectivity index (χ0v) is 13.9. The lowest BCUT2D eigenvalue weighted by Gasteiger charge is -2.19. The molecule has 21 heavy (non-hydrogen) atoms. The molecule has 0 aromatic heterocycles. The van der Waals surface area contributed by atoms with Crippen molar-refractivity contribution in [2.24, 2.45) is 0 Å². The lowest BCUT2D eigenvalue weighted by Crippen LogP contribution is -2.38. The van der Waals surface area contributed by atoms with Crippen molar-refractivity contribution in [2.75, 3.05) is 19.8 Å². The molecular weight excluding hydrogens is 315 g/mol. The molecule has 118 valence electrons. The summed E-state index contributed by atoms with van der Waals surface area (Å²) in [6.07, 6.45) is 2.30. The topological polar surface area (TPSA) is 49.4 Å². The molecule has 0 saturated heterocycles. The molecule has 2 amide bonds. The van der Waals surface area contributed by atoms with Gasteiger partial charge in [-0.1, -0.05) is 24.6 Å². The summed E-state index contributed by atoms with van der Waals surface area (Å²) < 4.78 is 24.5. The summed E-state index contributed by atoms with van der Waals surface area (Å²) >= 11 is 5.61. The van der Waals surface area contributed by atoms with Gasteiger partial charge in [-0.3, -0.25) is 4.21 Å². The van der Waals surface area contributed by atoms with Crippen molar-refractivity contribution in [2.45, 2.75) is 25.1 Å². The molecule has 0 fully saturated rings. The zero-order valence-electron chi connectivity index (χ0n) is 12.4. The highest BCUT2D eigenvalue weighted by molar-refractivity contribution is 7.84. The first-order chi connectivity index (χ1) is 9.81. The molecule has 0 aliphatic heterocycles. The van der Waals surface area contributed by atoms with Gasteiger partial charge in [0.25, 0.3) is 0 Å². The van der Waals surface area contributed by atoms with Gasteiger partial charge in [0.2, 0.25) is 0 Å². The Balaban J connectivity index is 2.43. The second kappa shape index (κ2) is 8.34. The van der Waals surface area contributed by atoms with E-state index in [0.717, 1.165) is 0 Å². The van der Waals surface area contributed by atoms with Crippen LogP contribution >= 0.6 is 11.6 Å². The summed E-state index contributed by atoms with van der Waals surface area (Å²) in [5.41, 5.74) is 0.664. The third kappa shape index (κ3) is 6.01. The van der Waals surface area contributed by atoms with Crippen LogP contribution in [0.5, 0.6) is 0 Å². The van der Waals surface area contributed by atoms with E-state index in [9.17, 15) is 13.4 Å². The molecule has 0 unspecified atom stereocenters. The van der Waals surface area contributed by atoms with E-state index in [2.05, 4.69) is 5.32 Å². The number of hydrogen-bond acceptors (Lipinski definition) is 2. The fourth-order valence-corrected chi connectivity index (χ4v) is 2.23. The normalized spacial score (nSPS) is 13.6. The Labute approximate surface area is 132 Å². The number of nitrogens with zero attached hydrogens (tertiary/aromatic N) is 1. The van der Waals surface area contributed by atoms with Crippen LogP contribution in [0.15, 0.2) is 18.2 Å². The van der Waals surface area contributed by atoms with E-state index in [-0.39, 0.29) is 22.8 Å². The van der Waals surface area contributed by atoms with Crippen LogP contribution in [0.4, 0.5) is 9.18 Å². The maximum atomic E-state index is 13.3. The molecule has 1 N–H and O–H groups in total. The van der Waals surface area contributed by atoms with Crippen molar-refractivity contribution in [3.05, 3.63) is 34.6 Å². The van der Waals surface area contributed by atoms with Crippen molar-refractivity contribution in [3.63, 3.8) is 0 Å². The number of urea groups is 1. The van der Waals surface area contributed by atoms with Crippen LogP contribution in [0.2, 0.25) is 5.02 Å². The van der Waals surface area contributed by atoms with E-state index in [1.807, 2.05) is 6.92 Å². The first-order valence-corrected chi connectivity index (χ1v) is 8.56. The van der Waals surface area contributed by atoms with Crippen molar-refractivity contribution in [3.8, 4) is 0 Å². The van der Waals surface area contributed by atoms with Gasteiger partial charge in [0, 0.05) is 42.4 Å². The van der Waals surface area contributed by atoms with E-state index >= 15 is 0 Å². The van der Waals surface area contributed by atoms with Gasteiger partial charge in [0.05, 0.1) is 5.02 Å². The Morgan fingerprint density at radius 3 is 2.76 bits per heavy atom. The third-order valence-corrected chi connectivity index (χ3v) is 4.82. The van der Waals surface area contributed by atoms with Crippen molar-refractivity contribution in [1.82, 2.24) is 10.2 Å². The SMILES string of the molecule is C[C@H](CCNC(=O)N(C)Cc1ccc(Cl)c(F)c1)[S@](C)=O. The largest absolute Gasteiger partial charge is 0.338 e. The third-order valence-electron chi connectivity index (χ3n) is 3.14. The number of carbonyl (C=O) groups excluding carboxylic acids is 1. The fraction of sp³-hybridized carbons (Fsp3) is 0.500. The Kier molecular flexibility index (Phi) is 7.11. The number of hydrogen-bond donors (Lipinski definition) is 1. The monoisotopic (exact) mass is 334 g/mol. The van der Waals surface area contributed by atoms with Crippen LogP contribution < -0.4 is 5.32 Å². The molecule has 1 rings (SSSR count). The highest BCUT2D eigenvalue weighted by Crippen LogP contribution is 2.16. The number of benzene rings is 1. The molecule has 4 nitrogen and oxygen atoms in total. The van der Waals surface area contributed by atoms with Crippen LogP contribution in [0.1, 0.15) is 18.9 Å². The zero-order chi connectivity index (χ0) is 16.0. The molecule has 0 radical (unpaired) electrons. The minimum atomic E-state index is -0.891. The summed E-state index contributed by atoms with van der Waals surface area (Å²) in [5, 5.41) is 2.85. The maximum absolute atomic E-state index is 13.3. The van der Waals surface area contributed by atoms with Gasteiger partial charge in [-0.2, -0.15) is 0 Å². The molecule has 0 aliphatic carbocycles. The molecular formula is C14H20ClFN2O2S. The van der Waals surface area contributed by atoms with Crippen LogP contribution in [0.3, 0.4) is 0 Å². The van der Waals surface area contributed by atoms with E-state index in [0.29, 0.717) is 18.5 Å². The Hall–Kier alpha value is -1.14. The second-order valence-electron chi connectivity index (χ2n) is 4.93. The summed E-state index contributed by atoms with van der Waals surface area (Å²) in [7, 11) is 0.737. The second-order valence-corrected chi connectivity index (χ2v) is 7.14. The number of halogens is 2. The van der Waals surface area contributed by atoms with E-state index in [4.69, 9.17) is 11.6 Å². The molecule has 0 bridgehead atoms. The van der Waals surface area contributed by atoms with E-state index in [1.54, 1.807) is 19.4 Å². The smallest absolute Gasteiger partial charge is 0.317 e. The molecule has 0 saturated carbocycles. The quantitative estimate of drug-likeness (QED) is 0.869. The number of amides is 2. The summed E-state index contributed by atoms with van der Waals surface area (Å²) in [6.45, 7) is 2.62. The predicted octanol–water partition coefficient (Wildman–Crippen LogP) is 2.78. The van der Waals surface area contributed by atoms with E-state index < -0.39 is 16.6 Å². The van der Waals surface area contributed by atoms with Crippen LogP contribution in [-0.4, -0.2) is 40.2 Å². The lowest BCUT2D eigenvalue weighted by atomic mass is 10.2. The molecule has 1 aromatic carbocycles. The molecule has 0 aliphatic rings. The summed E-state index contributed by atoms with van der Waals surface area (Å²) in [4.78, 5) is 13.3. The maximum Gasteiger partial charge on any atom is 0.317 e. The van der Waals surface area contributed by atoms with Gasteiger partial charge in [0.15, 0.2) is 0 Å². The van der Waals surface area contributed by atoms with E-state index in [1.165, 1.54) is 17.0 Å². The van der Waals surface area contributed by atoms with Crippen LogP contribution in [0.25, 0.3) is 0 Å². The van der Waals surface area contributed by atoms with Gasteiger partial charge in [-0.25, -0.2) is 9.18 Å². The molecule has 2 atom stereocenters. The number of rotatable bonds is 6. The lowest BCUT2D eigenvalue weighted by molar-refractivity contribution is 0.206. The minimum Gasteiger partial charge on any atom is -0.338 e. The highest BCUT2D eigenvalue weighted by atomic mass is 35.5. The van der Waals surface area contributed by atoms with Gasteiger partial charge >= 0.3 is 6.03 Å². The molecule has 7 heteroatoms. The number of carbonyl (C=O) groups is 1. The Morgan fingerprint density at radius 1 is 1.52 bits per heavy atom. The average Bonchev–Trinajstić information content (AvgIpc) is 2.42. The van der Waals surface area contributed by atoms with Crippen molar-refractivity contribution in [1.29, 1.82) is 0 Å². The molecule has 0 spiro atoms. The van der Waals surface area contributed by atoms with Gasteiger partial charge in [0.1, 0.15) is 5.82 Å². The first kappa shape index (κ1) is 17.9. The van der Waals surface area contributed by atoms with Crippen molar-refractivity contribution < 1.29 is 13.4 Å². The molecule has 1 aromatic rings. The fourth-order valence-electron chi connectivity index (χ4n) is 1.67. The predicted molar refractivity (Wildman–Crippen MR) is 84.4 cm³/mol. The van der Waals surface area contributed by atoms with Crippen molar-refractivity contribution >= 4 is 28.4 Å². The standard InChI is InChI=1S/C14H20ClFN2O2S/c1-10(21(3)20)6-7-17-14(19)18(2)9-11-4-5-12(15)13(16)8-11/h4-5,8,10H,6-7,9H2,1-3H3,(H,17,19)/t10-,21+/m1/s1. The van der Waals surface area contributed by atoms with Crippen LogP contribution in [0, 0.1) is 5.82 Å². The Morgan fingerprint density at radius 2 is 2.19 bits per heavy atom. The van der Waals surface area contributed by atoms with Gasteiger partial charge in [-0.15, -0.1) is 0 Å².